The lowest BCUT2D eigenvalue weighted by molar-refractivity contribution is -0.142. The Labute approximate surface area is 145 Å². The molecule has 2 fully saturated rings. The Kier molecular flexibility index (Phi) is 4.48. The van der Waals surface area contributed by atoms with Crippen molar-refractivity contribution >= 4 is 5.91 Å². The molecule has 0 spiro atoms. The smallest absolute Gasteiger partial charge is 0.251 e. The predicted molar refractivity (Wildman–Crippen MR) is 87.2 cm³/mol. The molecule has 0 N–H and O–H groups in total. The number of hydrogen-bond acceptors (Lipinski definition) is 5. The molecule has 0 radical (unpaired) electrons. The van der Waals surface area contributed by atoms with Gasteiger partial charge in [-0.25, -0.2) is 4.39 Å². The average Bonchev–Trinajstić information content (AvgIpc) is 3.34. The van der Waals surface area contributed by atoms with Crippen LogP contribution in [0.2, 0.25) is 0 Å². The number of likely N-dealkylation sites (tertiary alicyclic amines) is 1. The van der Waals surface area contributed by atoms with Crippen molar-refractivity contribution in [1.29, 1.82) is 0 Å². The Balaban J connectivity index is 1.46. The Bertz CT molecular complexity index is 740. The first-order chi connectivity index (χ1) is 12.2. The number of piperidine rings is 1. The molecule has 2 aliphatic rings. The van der Waals surface area contributed by atoms with E-state index in [0.29, 0.717) is 30.4 Å². The molecule has 25 heavy (non-hydrogen) atoms. The van der Waals surface area contributed by atoms with Crippen LogP contribution in [0.1, 0.15) is 37.5 Å². The van der Waals surface area contributed by atoms with Crippen LogP contribution in [0.25, 0.3) is 11.4 Å². The fourth-order valence-corrected chi connectivity index (χ4v) is 3.47. The van der Waals surface area contributed by atoms with Gasteiger partial charge in [-0.1, -0.05) is 5.16 Å². The lowest BCUT2D eigenvalue weighted by Gasteiger charge is -2.32. The summed E-state index contributed by atoms with van der Waals surface area (Å²) in [5, 5.41) is 4.00. The Morgan fingerprint density at radius 2 is 2.04 bits per heavy atom. The van der Waals surface area contributed by atoms with Crippen LogP contribution in [0, 0.1) is 5.82 Å². The van der Waals surface area contributed by atoms with Gasteiger partial charge in [0.25, 0.3) is 5.91 Å². The van der Waals surface area contributed by atoms with Crippen LogP contribution in [0.15, 0.2) is 28.8 Å². The highest BCUT2D eigenvalue weighted by atomic mass is 19.1. The minimum Gasteiger partial charge on any atom is -0.368 e. The van der Waals surface area contributed by atoms with Gasteiger partial charge in [0.15, 0.2) is 0 Å². The first kappa shape index (κ1) is 16.2. The van der Waals surface area contributed by atoms with Crippen molar-refractivity contribution in [1.82, 2.24) is 15.0 Å². The zero-order valence-corrected chi connectivity index (χ0v) is 13.9. The van der Waals surface area contributed by atoms with Crippen molar-refractivity contribution in [3.63, 3.8) is 0 Å². The maximum absolute atomic E-state index is 13.0. The number of aromatic nitrogens is 2. The van der Waals surface area contributed by atoms with Gasteiger partial charge in [-0.15, -0.1) is 0 Å². The van der Waals surface area contributed by atoms with Crippen LogP contribution in [-0.2, 0) is 9.53 Å². The molecule has 3 heterocycles. The number of carbonyl (C=O) groups is 1. The molecule has 2 saturated heterocycles. The predicted octanol–water partition coefficient (Wildman–Crippen LogP) is 2.76. The Morgan fingerprint density at radius 3 is 2.80 bits per heavy atom. The molecule has 2 atom stereocenters. The molecule has 6 nitrogen and oxygen atoms in total. The number of hydrogen-bond donors (Lipinski definition) is 0. The van der Waals surface area contributed by atoms with Gasteiger partial charge >= 0.3 is 0 Å². The summed E-state index contributed by atoms with van der Waals surface area (Å²) in [6.07, 6.45) is 3.25. The third kappa shape index (κ3) is 3.42. The molecular weight excluding hydrogens is 325 g/mol. The van der Waals surface area contributed by atoms with Crippen LogP contribution in [0.4, 0.5) is 4.39 Å². The van der Waals surface area contributed by atoms with Crippen molar-refractivity contribution in [2.45, 2.75) is 37.7 Å². The van der Waals surface area contributed by atoms with Gasteiger partial charge in [0, 0.05) is 25.3 Å². The largest absolute Gasteiger partial charge is 0.368 e. The molecule has 4 rings (SSSR count). The van der Waals surface area contributed by atoms with Crippen molar-refractivity contribution in [2.75, 3.05) is 19.7 Å². The third-order valence-corrected chi connectivity index (χ3v) is 4.83. The summed E-state index contributed by atoms with van der Waals surface area (Å²) in [4.78, 5) is 18.8. The molecule has 7 heteroatoms. The second-order valence-corrected chi connectivity index (χ2v) is 6.59. The first-order valence-corrected chi connectivity index (χ1v) is 8.70. The fraction of sp³-hybridized carbons (Fsp3) is 0.500. The molecule has 0 unspecified atom stereocenters. The summed E-state index contributed by atoms with van der Waals surface area (Å²) >= 11 is 0. The van der Waals surface area contributed by atoms with E-state index in [4.69, 9.17) is 9.26 Å². The van der Waals surface area contributed by atoms with Gasteiger partial charge in [-0.05, 0) is 49.9 Å². The van der Waals surface area contributed by atoms with E-state index in [1.807, 2.05) is 4.90 Å². The number of benzene rings is 1. The number of rotatable bonds is 3. The lowest BCUT2D eigenvalue weighted by atomic mass is 9.97. The molecule has 1 aromatic heterocycles. The SMILES string of the molecule is O=C([C@@H]1CCCO1)N1CCC[C@H](c2nc(-c3ccc(F)cc3)no2)C1. The van der Waals surface area contributed by atoms with Gasteiger partial charge < -0.3 is 14.2 Å². The molecular formula is C18H20FN3O3. The van der Waals surface area contributed by atoms with Gasteiger partial charge in [0.1, 0.15) is 11.9 Å². The summed E-state index contributed by atoms with van der Waals surface area (Å²) in [7, 11) is 0. The van der Waals surface area contributed by atoms with Gasteiger partial charge in [0.2, 0.25) is 11.7 Å². The standard InChI is InChI=1S/C18H20FN3O3/c19-14-7-5-12(6-8-14)16-20-17(25-21-16)13-3-1-9-22(11-13)18(23)15-4-2-10-24-15/h5-8,13,15H,1-4,9-11H2/t13-,15-/m0/s1. The van der Waals surface area contributed by atoms with Crippen LogP contribution < -0.4 is 0 Å². The summed E-state index contributed by atoms with van der Waals surface area (Å²) in [5.41, 5.74) is 0.708. The molecule has 2 aliphatic heterocycles. The highest BCUT2D eigenvalue weighted by Gasteiger charge is 2.33. The summed E-state index contributed by atoms with van der Waals surface area (Å²) in [6, 6.07) is 5.98. The average molecular weight is 345 g/mol. The van der Waals surface area contributed by atoms with Crippen molar-refractivity contribution in [3.8, 4) is 11.4 Å². The second-order valence-electron chi connectivity index (χ2n) is 6.59. The van der Waals surface area contributed by atoms with E-state index < -0.39 is 0 Å². The maximum Gasteiger partial charge on any atom is 0.251 e. The van der Waals surface area contributed by atoms with Crippen molar-refractivity contribution in [3.05, 3.63) is 36.0 Å². The maximum atomic E-state index is 13.0. The normalized spacial score (nSPS) is 23.8. The number of halogens is 1. The Morgan fingerprint density at radius 1 is 1.20 bits per heavy atom. The van der Waals surface area contributed by atoms with E-state index in [1.54, 1.807) is 12.1 Å². The third-order valence-electron chi connectivity index (χ3n) is 4.83. The van der Waals surface area contributed by atoms with E-state index in [9.17, 15) is 9.18 Å². The number of nitrogens with zero attached hydrogens (tertiary/aromatic N) is 3. The lowest BCUT2D eigenvalue weighted by Crippen LogP contribution is -2.44. The highest BCUT2D eigenvalue weighted by molar-refractivity contribution is 5.81. The summed E-state index contributed by atoms with van der Waals surface area (Å²) in [6.45, 7) is 1.98. The van der Waals surface area contributed by atoms with Crippen molar-refractivity contribution < 1.29 is 18.4 Å². The zero-order chi connectivity index (χ0) is 17.2. The minimum absolute atomic E-state index is 0.0285. The van der Waals surface area contributed by atoms with Gasteiger partial charge in [-0.2, -0.15) is 4.98 Å². The summed E-state index contributed by atoms with van der Waals surface area (Å²) < 4.78 is 24.0. The molecule has 0 bridgehead atoms. The number of carbonyl (C=O) groups excluding carboxylic acids is 1. The highest BCUT2D eigenvalue weighted by Crippen LogP contribution is 2.29. The second kappa shape index (κ2) is 6.92. The van der Waals surface area contributed by atoms with E-state index in [2.05, 4.69) is 10.1 Å². The van der Waals surface area contributed by atoms with Crippen LogP contribution >= 0.6 is 0 Å². The van der Waals surface area contributed by atoms with Gasteiger partial charge in [0.05, 0.1) is 5.92 Å². The van der Waals surface area contributed by atoms with Crippen molar-refractivity contribution in [2.24, 2.45) is 0 Å². The fourth-order valence-electron chi connectivity index (χ4n) is 3.47. The zero-order valence-electron chi connectivity index (χ0n) is 13.9. The molecule has 132 valence electrons. The number of amides is 1. The van der Waals surface area contributed by atoms with Crippen LogP contribution in [0.3, 0.4) is 0 Å². The van der Waals surface area contributed by atoms with E-state index >= 15 is 0 Å². The molecule has 1 aromatic carbocycles. The number of ether oxygens (including phenoxy) is 1. The quantitative estimate of drug-likeness (QED) is 0.856. The first-order valence-electron chi connectivity index (χ1n) is 8.70. The minimum atomic E-state index is -0.303. The topological polar surface area (TPSA) is 68.5 Å². The monoisotopic (exact) mass is 345 g/mol. The molecule has 2 aromatic rings. The van der Waals surface area contributed by atoms with E-state index in [-0.39, 0.29) is 23.7 Å². The summed E-state index contributed by atoms with van der Waals surface area (Å²) in [5.74, 6) is 0.769. The van der Waals surface area contributed by atoms with Gasteiger partial charge in [-0.3, -0.25) is 4.79 Å². The molecule has 0 aliphatic carbocycles. The van der Waals surface area contributed by atoms with Crippen LogP contribution in [-0.4, -0.2) is 46.7 Å². The molecule has 1 amide bonds. The Hall–Kier alpha value is -2.28. The molecule has 0 saturated carbocycles. The van der Waals surface area contributed by atoms with Crippen LogP contribution in [0.5, 0.6) is 0 Å². The van der Waals surface area contributed by atoms with E-state index in [0.717, 1.165) is 32.2 Å². The van der Waals surface area contributed by atoms with E-state index in [1.165, 1.54) is 12.1 Å².